The highest BCUT2D eigenvalue weighted by atomic mass is 16.2. The van der Waals surface area contributed by atoms with Gasteiger partial charge in [0.15, 0.2) is 0 Å². The van der Waals surface area contributed by atoms with Crippen molar-refractivity contribution in [2.24, 2.45) is 13.0 Å². The van der Waals surface area contributed by atoms with Crippen molar-refractivity contribution in [3.05, 3.63) is 72.6 Å². The Morgan fingerprint density at radius 3 is 2.59 bits per heavy atom. The molecular weight excluding hydrogens is 402 g/mol. The third-order valence-electron chi connectivity index (χ3n) is 5.88. The topological polar surface area (TPSA) is 71.3 Å². The number of hydrogen-bond acceptors (Lipinski definition) is 4. The maximum absolute atomic E-state index is 13.3. The number of pyridine rings is 1. The molecule has 1 aromatic carbocycles. The largest absolute Gasteiger partial charge is 0.341 e. The minimum Gasteiger partial charge on any atom is -0.341 e. The van der Waals surface area contributed by atoms with Gasteiger partial charge in [-0.15, -0.1) is 0 Å². The molecule has 1 saturated heterocycles. The molecule has 0 spiro atoms. The number of nitrogens with zero attached hydrogens (tertiary/aromatic N) is 5. The fraction of sp³-hybridized carbons (Fsp3) is 0.360. The van der Waals surface area contributed by atoms with Gasteiger partial charge in [-0.1, -0.05) is 37.3 Å². The van der Waals surface area contributed by atoms with Gasteiger partial charge in [-0.2, -0.15) is 0 Å². The van der Waals surface area contributed by atoms with Crippen LogP contribution in [0.1, 0.15) is 29.4 Å². The van der Waals surface area contributed by atoms with Crippen LogP contribution in [0.25, 0.3) is 11.1 Å². The third-order valence-corrected chi connectivity index (χ3v) is 5.88. The van der Waals surface area contributed by atoms with Crippen LogP contribution >= 0.6 is 0 Å². The van der Waals surface area contributed by atoms with Crippen LogP contribution in [-0.4, -0.2) is 62.3 Å². The van der Waals surface area contributed by atoms with Crippen LogP contribution in [0.15, 0.2) is 61.3 Å². The van der Waals surface area contributed by atoms with Crippen molar-refractivity contribution in [3.63, 3.8) is 0 Å². The van der Waals surface area contributed by atoms with Gasteiger partial charge in [0.1, 0.15) is 5.69 Å². The molecular formula is C25H29N5O2. The summed E-state index contributed by atoms with van der Waals surface area (Å²) >= 11 is 0. The van der Waals surface area contributed by atoms with E-state index in [1.807, 2.05) is 30.3 Å². The first-order valence-electron chi connectivity index (χ1n) is 11.1. The SMILES string of the molecule is CCCN1CCN(C(=O)c2cn(C)cn2)C[C@@H](Cc2ccc(-c3cccnc3)cc2)C1=O. The van der Waals surface area contributed by atoms with Crippen LogP contribution in [0.2, 0.25) is 0 Å². The van der Waals surface area contributed by atoms with Crippen LogP contribution in [0.4, 0.5) is 0 Å². The van der Waals surface area contributed by atoms with E-state index in [0.717, 1.165) is 23.1 Å². The Kier molecular flexibility index (Phi) is 6.63. The lowest BCUT2D eigenvalue weighted by molar-refractivity contribution is -0.134. The summed E-state index contributed by atoms with van der Waals surface area (Å²) in [6.45, 7) is 4.26. The fourth-order valence-electron chi connectivity index (χ4n) is 4.21. The standard InChI is InChI=1S/C25H29N5O2/c1-3-11-29-12-13-30(25(32)23-17-28(2)18-27-23)16-22(24(29)31)14-19-6-8-20(9-7-19)21-5-4-10-26-15-21/h4-10,15,17-18,22H,3,11-14,16H2,1-2H3/t22-/m1/s1. The van der Waals surface area contributed by atoms with Crippen LogP contribution in [0.5, 0.6) is 0 Å². The van der Waals surface area contributed by atoms with E-state index >= 15 is 0 Å². The van der Waals surface area contributed by atoms with E-state index in [1.54, 1.807) is 28.2 Å². The van der Waals surface area contributed by atoms with E-state index in [2.05, 4.69) is 41.2 Å². The molecule has 0 saturated carbocycles. The lowest BCUT2D eigenvalue weighted by atomic mass is 9.96. The molecule has 2 aromatic heterocycles. The Bertz CT molecular complexity index is 1060. The maximum atomic E-state index is 13.3. The number of carbonyl (C=O) groups is 2. The predicted molar refractivity (Wildman–Crippen MR) is 123 cm³/mol. The second-order valence-corrected chi connectivity index (χ2v) is 8.34. The van der Waals surface area contributed by atoms with E-state index in [4.69, 9.17) is 0 Å². The first-order valence-corrected chi connectivity index (χ1v) is 11.1. The van der Waals surface area contributed by atoms with Gasteiger partial charge in [0.2, 0.25) is 5.91 Å². The molecule has 7 nitrogen and oxygen atoms in total. The van der Waals surface area contributed by atoms with Crippen molar-refractivity contribution >= 4 is 11.8 Å². The van der Waals surface area contributed by atoms with Gasteiger partial charge in [-0.05, 0) is 35.6 Å². The summed E-state index contributed by atoms with van der Waals surface area (Å²) < 4.78 is 1.76. The Morgan fingerprint density at radius 2 is 1.94 bits per heavy atom. The van der Waals surface area contributed by atoms with Crippen LogP contribution < -0.4 is 0 Å². The minimum absolute atomic E-state index is 0.117. The molecule has 0 aliphatic carbocycles. The Morgan fingerprint density at radius 1 is 1.12 bits per heavy atom. The van der Waals surface area contributed by atoms with Crippen molar-refractivity contribution in [3.8, 4) is 11.1 Å². The monoisotopic (exact) mass is 431 g/mol. The van der Waals surface area contributed by atoms with Gasteiger partial charge >= 0.3 is 0 Å². The van der Waals surface area contributed by atoms with Crippen molar-refractivity contribution in [2.75, 3.05) is 26.2 Å². The summed E-state index contributed by atoms with van der Waals surface area (Å²) in [6, 6.07) is 12.2. The summed E-state index contributed by atoms with van der Waals surface area (Å²) in [5, 5.41) is 0. The average molecular weight is 432 g/mol. The molecule has 7 heteroatoms. The lowest BCUT2D eigenvalue weighted by Crippen LogP contribution is -2.38. The van der Waals surface area contributed by atoms with Crippen molar-refractivity contribution < 1.29 is 9.59 Å². The number of imidazole rings is 1. The van der Waals surface area contributed by atoms with Gasteiger partial charge in [0, 0.05) is 51.8 Å². The predicted octanol–water partition coefficient (Wildman–Crippen LogP) is 3.04. The molecule has 1 aliphatic rings. The van der Waals surface area contributed by atoms with Gasteiger partial charge in [-0.25, -0.2) is 4.98 Å². The van der Waals surface area contributed by atoms with Gasteiger partial charge in [-0.3, -0.25) is 14.6 Å². The molecule has 0 unspecified atom stereocenters. The molecule has 4 rings (SSSR count). The number of carbonyl (C=O) groups excluding carboxylic acids is 2. The van der Waals surface area contributed by atoms with E-state index in [9.17, 15) is 9.59 Å². The fourth-order valence-corrected chi connectivity index (χ4v) is 4.21. The zero-order valence-electron chi connectivity index (χ0n) is 18.6. The van der Waals surface area contributed by atoms with Gasteiger partial charge in [0.25, 0.3) is 5.91 Å². The average Bonchev–Trinajstić information content (AvgIpc) is 3.20. The number of aromatic nitrogens is 3. The number of rotatable bonds is 6. The molecule has 0 N–H and O–H groups in total. The molecule has 0 radical (unpaired) electrons. The number of amides is 2. The van der Waals surface area contributed by atoms with E-state index in [0.29, 0.717) is 38.3 Å². The molecule has 0 bridgehead atoms. The minimum atomic E-state index is -0.277. The summed E-state index contributed by atoms with van der Waals surface area (Å²) in [7, 11) is 1.84. The highest BCUT2D eigenvalue weighted by molar-refractivity contribution is 5.93. The Labute approximate surface area is 188 Å². The molecule has 3 aromatic rings. The normalized spacial score (nSPS) is 16.8. The molecule has 3 heterocycles. The zero-order valence-corrected chi connectivity index (χ0v) is 18.6. The van der Waals surface area contributed by atoms with Crippen LogP contribution in [0, 0.1) is 5.92 Å². The Hall–Kier alpha value is -3.48. The summed E-state index contributed by atoms with van der Waals surface area (Å²) in [5.74, 6) is -0.269. The van der Waals surface area contributed by atoms with Crippen LogP contribution in [0.3, 0.4) is 0 Å². The number of benzene rings is 1. The van der Waals surface area contributed by atoms with E-state index < -0.39 is 0 Å². The maximum Gasteiger partial charge on any atom is 0.274 e. The van der Waals surface area contributed by atoms with Crippen molar-refractivity contribution in [2.45, 2.75) is 19.8 Å². The number of aryl methyl sites for hydroxylation is 1. The summed E-state index contributed by atoms with van der Waals surface area (Å²) in [4.78, 5) is 38.4. The highest BCUT2D eigenvalue weighted by Gasteiger charge is 2.32. The van der Waals surface area contributed by atoms with Gasteiger partial charge in [0.05, 0.1) is 12.2 Å². The molecule has 1 aliphatic heterocycles. The second-order valence-electron chi connectivity index (χ2n) is 8.34. The molecule has 1 atom stereocenters. The lowest BCUT2D eigenvalue weighted by Gasteiger charge is -2.23. The highest BCUT2D eigenvalue weighted by Crippen LogP contribution is 2.22. The van der Waals surface area contributed by atoms with Crippen molar-refractivity contribution in [1.29, 1.82) is 0 Å². The van der Waals surface area contributed by atoms with Gasteiger partial charge < -0.3 is 14.4 Å². The summed E-state index contributed by atoms with van der Waals surface area (Å²) in [6.07, 6.45) is 8.44. The molecule has 2 amide bonds. The molecule has 32 heavy (non-hydrogen) atoms. The quantitative estimate of drug-likeness (QED) is 0.602. The Balaban J connectivity index is 1.53. The molecule has 166 valence electrons. The van der Waals surface area contributed by atoms with E-state index in [-0.39, 0.29) is 17.7 Å². The second kappa shape index (κ2) is 9.77. The molecule has 1 fully saturated rings. The summed E-state index contributed by atoms with van der Waals surface area (Å²) in [5.41, 5.74) is 3.66. The first-order chi connectivity index (χ1) is 15.5. The van der Waals surface area contributed by atoms with Crippen LogP contribution in [-0.2, 0) is 18.3 Å². The van der Waals surface area contributed by atoms with Crippen molar-refractivity contribution in [1.82, 2.24) is 24.3 Å². The zero-order chi connectivity index (χ0) is 22.5. The number of hydrogen-bond donors (Lipinski definition) is 0. The van der Waals surface area contributed by atoms with E-state index in [1.165, 1.54) is 0 Å². The smallest absolute Gasteiger partial charge is 0.274 e. The first kappa shape index (κ1) is 21.7. The third kappa shape index (κ3) is 4.88.